The molecule has 2 aliphatic rings. The Morgan fingerprint density at radius 3 is 2.52 bits per heavy atom. The summed E-state index contributed by atoms with van der Waals surface area (Å²) >= 11 is 3.59. The van der Waals surface area contributed by atoms with Crippen molar-refractivity contribution in [3.8, 4) is 0 Å². The van der Waals surface area contributed by atoms with Crippen molar-refractivity contribution in [3.63, 3.8) is 0 Å². The first-order valence-corrected chi connectivity index (χ1v) is 12.6. The summed E-state index contributed by atoms with van der Waals surface area (Å²) in [7, 11) is -0.670. The van der Waals surface area contributed by atoms with E-state index in [1.807, 2.05) is 0 Å². The minimum absolute atomic E-state index is 0.0553. The van der Waals surface area contributed by atoms with E-state index in [-0.39, 0.29) is 39.8 Å². The number of likely N-dealkylation sites (tertiary alicyclic amines) is 1. The van der Waals surface area contributed by atoms with Crippen LogP contribution in [-0.4, -0.2) is 55.2 Å². The van der Waals surface area contributed by atoms with Crippen molar-refractivity contribution in [1.29, 1.82) is 0 Å². The van der Waals surface area contributed by atoms with Crippen LogP contribution in [0.25, 0.3) is 0 Å². The van der Waals surface area contributed by atoms with Gasteiger partial charge in [-0.3, -0.25) is 9.69 Å². The van der Waals surface area contributed by atoms with Crippen LogP contribution >= 0.6 is 15.9 Å². The Morgan fingerprint density at radius 2 is 2.04 bits per heavy atom. The third-order valence-corrected chi connectivity index (χ3v) is 11.6. The first kappa shape index (κ1) is 20.6. The molecule has 2 fully saturated rings. The predicted octanol–water partition coefficient (Wildman–Crippen LogP) is 4.12. The average molecular weight is 432 g/mol. The molecule has 0 N–H and O–H groups in total. The highest BCUT2D eigenvalue weighted by atomic mass is 79.9. The monoisotopic (exact) mass is 431 g/mol. The molecule has 1 amide bonds. The Morgan fingerprint density at radius 1 is 1.44 bits per heavy atom. The Hall–Kier alpha value is -0.663. The molecule has 2 bridgehead atoms. The fraction of sp³-hybridized carbons (Fsp3) is 0.778. The highest BCUT2D eigenvalue weighted by Crippen LogP contribution is 2.48. The van der Waals surface area contributed by atoms with E-state index >= 15 is 0 Å². The van der Waals surface area contributed by atoms with Crippen molar-refractivity contribution in [2.75, 3.05) is 7.11 Å². The molecule has 0 aromatic rings. The fourth-order valence-electron chi connectivity index (χ4n) is 3.67. The number of halogens is 1. The second-order valence-corrected chi connectivity index (χ2v) is 14.3. The first-order chi connectivity index (χ1) is 11.5. The standard InChI is InChI=1S/C18H30BrNO4Si/c1-8-9-11-14-15(19)13(21)10-12(20(11)17(22)23-5)16(14)24-25(6,7)18(2,3)4/h8,11-12,14-16H,1,9-10H2,2-7H3/t11-,12-,14+,15-,16-/m1/s1. The normalized spacial score (nSPS) is 32.7. The SMILES string of the molecule is C=CC[C@@H]1[C@@H]2[C@H](O[Si](C)(C)C(C)(C)C)[C@@H](CC(=O)[C@H]2Br)N1C(=O)OC. The molecule has 1 saturated carbocycles. The molecule has 1 saturated heterocycles. The zero-order valence-corrected chi connectivity index (χ0v) is 18.6. The summed E-state index contributed by atoms with van der Waals surface area (Å²) in [6.45, 7) is 14.8. The molecule has 0 aromatic carbocycles. The molecule has 5 nitrogen and oxygen atoms in total. The van der Waals surface area contributed by atoms with E-state index in [0.29, 0.717) is 12.8 Å². The van der Waals surface area contributed by atoms with Crippen LogP contribution in [0.2, 0.25) is 18.1 Å². The van der Waals surface area contributed by atoms with Crippen molar-refractivity contribution < 1.29 is 18.8 Å². The largest absolute Gasteiger partial charge is 0.453 e. The van der Waals surface area contributed by atoms with Gasteiger partial charge in [-0.25, -0.2) is 4.79 Å². The van der Waals surface area contributed by atoms with Gasteiger partial charge in [0.05, 0.1) is 24.1 Å². The van der Waals surface area contributed by atoms with Crippen molar-refractivity contribution >= 4 is 36.1 Å². The summed E-state index contributed by atoms with van der Waals surface area (Å²) < 4.78 is 11.7. The Balaban J connectivity index is 2.44. The zero-order chi connectivity index (χ0) is 19.2. The maximum atomic E-state index is 12.5. The van der Waals surface area contributed by atoms with Gasteiger partial charge in [0, 0.05) is 18.4 Å². The van der Waals surface area contributed by atoms with E-state index in [2.05, 4.69) is 56.4 Å². The summed E-state index contributed by atoms with van der Waals surface area (Å²) in [6.07, 6.45) is 2.16. The molecule has 2 rings (SSSR count). The van der Waals surface area contributed by atoms with E-state index in [1.165, 1.54) is 7.11 Å². The van der Waals surface area contributed by atoms with Crippen LogP contribution in [-0.2, 0) is 14.0 Å². The topological polar surface area (TPSA) is 55.8 Å². The van der Waals surface area contributed by atoms with Gasteiger partial charge in [-0.2, -0.15) is 0 Å². The summed E-state index contributed by atoms with van der Waals surface area (Å²) in [5.74, 6) is 0.0445. The number of Topliss-reactive ketones (excluding diaryl/α,β-unsaturated/α-hetero) is 1. The van der Waals surface area contributed by atoms with Crippen molar-refractivity contribution in [3.05, 3.63) is 12.7 Å². The van der Waals surface area contributed by atoms with Crippen LogP contribution in [0.15, 0.2) is 12.7 Å². The van der Waals surface area contributed by atoms with Crippen LogP contribution in [0.4, 0.5) is 4.79 Å². The molecule has 0 aromatic heterocycles. The van der Waals surface area contributed by atoms with Gasteiger partial charge in [0.15, 0.2) is 8.32 Å². The number of methoxy groups -OCH3 is 1. The fourth-order valence-corrected chi connectivity index (χ4v) is 5.85. The maximum Gasteiger partial charge on any atom is 0.410 e. The molecule has 7 heteroatoms. The number of ether oxygens (including phenoxy) is 1. The smallest absolute Gasteiger partial charge is 0.410 e. The molecule has 5 atom stereocenters. The number of carbonyl (C=O) groups excluding carboxylic acids is 2. The molecular weight excluding hydrogens is 402 g/mol. The van der Waals surface area contributed by atoms with E-state index in [1.54, 1.807) is 11.0 Å². The molecule has 1 heterocycles. The number of fused-ring (bicyclic) bond motifs is 2. The second-order valence-electron chi connectivity index (χ2n) is 8.53. The minimum Gasteiger partial charge on any atom is -0.453 e. The average Bonchev–Trinajstić information content (AvgIpc) is 2.71. The van der Waals surface area contributed by atoms with E-state index in [9.17, 15) is 9.59 Å². The molecule has 1 aliphatic carbocycles. The molecule has 142 valence electrons. The Kier molecular flexibility index (Phi) is 5.91. The van der Waals surface area contributed by atoms with Crippen LogP contribution in [0.1, 0.15) is 33.6 Å². The number of ketones is 1. The highest BCUT2D eigenvalue weighted by molar-refractivity contribution is 9.10. The lowest BCUT2D eigenvalue weighted by molar-refractivity contribution is -0.122. The molecule has 25 heavy (non-hydrogen) atoms. The van der Waals surface area contributed by atoms with Gasteiger partial charge in [0.1, 0.15) is 5.78 Å². The Labute approximate surface area is 160 Å². The second kappa shape index (κ2) is 7.16. The molecule has 0 spiro atoms. The Bertz CT molecular complexity index is 560. The molecule has 1 aliphatic heterocycles. The van der Waals surface area contributed by atoms with E-state index in [4.69, 9.17) is 9.16 Å². The first-order valence-electron chi connectivity index (χ1n) is 8.78. The van der Waals surface area contributed by atoms with Crippen LogP contribution < -0.4 is 0 Å². The lowest BCUT2D eigenvalue weighted by Gasteiger charge is -2.43. The number of rotatable bonds is 4. The maximum absolute atomic E-state index is 12.5. The van der Waals surface area contributed by atoms with Gasteiger partial charge < -0.3 is 9.16 Å². The van der Waals surface area contributed by atoms with Crippen molar-refractivity contribution in [2.24, 2.45) is 5.92 Å². The lowest BCUT2D eigenvalue weighted by Crippen LogP contribution is -2.54. The predicted molar refractivity (Wildman–Crippen MR) is 105 cm³/mol. The number of alkyl halides is 1. The molecule has 0 radical (unpaired) electrons. The third kappa shape index (κ3) is 3.60. The lowest BCUT2D eigenvalue weighted by atomic mass is 9.83. The number of amides is 1. The minimum atomic E-state index is -2.05. The quantitative estimate of drug-likeness (QED) is 0.381. The van der Waals surface area contributed by atoms with Crippen LogP contribution in [0.5, 0.6) is 0 Å². The molecular formula is C18H30BrNO4Si. The summed E-state index contributed by atoms with van der Waals surface area (Å²) in [5.41, 5.74) is 0. The molecule has 0 unspecified atom stereocenters. The van der Waals surface area contributed by atoms with Gasteiger partial charge in [0.25, 0.3) is 0 Å². The number of nitrogens with zero attached hydrogens (tertiary/aromatic N) is 1. The number of hydrogen-bond acceptors (Lipinski definition) is 4. The van der Waals surface area contributed by atoms with Crippen molar-refractivity contribution in [1.82, 2.24) is 4.90 Å². The number of carbonyl (C=O) groups is 2. The highest BCUT2D eigenvalue weighted by Gasteiger charge is 2.60. The van der Waals surface area contributed by atoms with Gasteiger partial charge in [-0.05, 0) is 24.6 Å². The van der Waals surface area contributed by atoms with Crippen molar-refractivity contribution in [2.45, 2.75) is 74.8 Å². The van der Waals surface area contributed by atoms with E-state index in [0.717, 1.165) is 0 Å². The van der Waals surface area contributed by atoms with Gasteiger partial charge >= 0.3 is 6.09 Å². The summed E-state index contributed by atoms with van der Waals surface area (Å²) in [4.78, 5) is 26.4. The number of hydrogen-bond donors (Lipinski definition) is 0. The van der Waals surface area contributed by atoms with Gasteiger partial charge in [-0.15, -0.1) is 6.58 Å². The van der Waals surface area contributed by atoms with E-state index < -0.39 is 14.4 Å². The van der Waals surface area contributed by atoms with Crippen LogP contribution in [0.3, 0.4) is 0 Å². The summed E-state index contributed by atoms with van der Waals surface area (Å²) in [5, 5.41) is 0.0553. The van der Waals surface area contributed by atoms with Crippen LogP contribution in [0, 0.1) is 5.92 Å². The van der Waals surface area contributed by atoms with Gasteiger partial charge in [0.2, 0.25) is 0 Å². The third-order valence-electron chi connectivity index (χ3n) is 6.00. The van der Waals surface area contributed by atoms with Gasteiger partial charge in [-0.1, -0.05) is 42.8 Å². The summed E-state index contributed by atoms with van der Waals surface area (Å²) in [6, 6.07) is -0.404. The zero-order valence-electron chi connectivity index (χ0n) is 16.0.